The van der Waals surface area contributed by atoms with E-state index in [1.165, 1.54) is 6.92 Å². The molecule has 2 atom stereocenters. The van der Waals surface area contributed by atoms with Gasteiger partial charge < -0.3 is 16.4 Å². The van der Waals surface area contributed by atoms with Crippen LogP contribution in [0.1, 0.15) is 38.2 Å². The summed E-state index contributed by atoms with van der Waals surface area (Å²) in [5, 5.41) is 5.67. The summed E-state index contributed by atoms with van der Waals surface area (Å²) in [4.78, 5) is 23.5. The van der Waals surface area contributed by atoms with Gasteiger partial charge in [0.15, 0.2) is 0 Å². The van der Waals surface area contributed by atoms with Gasteiger partial charge in [-0.2, -0.15) is 0 Å². The molecule has 0 spiro atoms. The predicted molar refractivity (Wildman–Crippen MR) is 84.0 cm³/mol. The van der Waals surface area contributed by atoms with E-state index in [4.69, 9.17) is 5.73 Å². The van der Waals surface area contributed by atoms with E-state index >= 15 is 0 Å². The maximum absolute atomic E-state index is 12.4. The number of rotatable bonds is 3. The first kappa shape index (κ1) is 15.5. The second kappa shape index (κ2) is 6.72. The monoisotopic (exact) mass is 289 g/mol. The highest BCUT2D eigenvalue weighted by Gasteiger charge is 2.28. The molecular weight excluding hydrogens is 266 g/mol. The Labute approximate surface area is 125 Å². The van der Waals surface area contributed by atoms with Crippen LogP contribution in [-0.4, -0.2) is 17.9 Å². The Morgan fingerprint density at radius 1 is 1.19 bits per heavy atom. The fourth-order valence-electron chi connectivity index (χ4n) is 2.75. The minimum absolute atomic E-state index is 0.0229. The summed E-state index contributed by atoms with van der Waals surface area (Å²) in [6, 6.07) is 5.42. The van der Waals surface area contributed by atoms with E-state index in [1.54, 1.807) is 6.07 Å². The van der Waals surface area contributed by atoms with E-state index in [9.17, 15) is 9.59 Å². The summed E-state index contributed by atoms with van der Waals surface area (Å²) in [5.74, 6) is -0.279. The maximum Gasteiger partial charge on any atom is 0.229 e. The van der Waals surface area contributed by atoms with Crippen molar-refractivity contribution in [3.8, 4) is 0 Å². The molecule has 1 aromatic rings. The van der Waals surface area contributed by atoms with Crippen LogP contribution in [0.15, 0.2) is 18.2 Å². The van der Waals surface area contributed by atoms with E-state index in [0.717, 1.165) is 36.9 Å². The van der Waals surface area contributed by atoms with Gasteiger partial charge in [0, 0.05) is 24.3 Å². The molecule has 4 N–H and O–H groups in total. The number of amides is 2. The zero-order chi connectivity index (χ0) is 15.4. The van der Waals surface area contributed by atoms with Gasteiger partial charge in [0.25, 0.3) is 0 Å². The van der Waals surface area contributed by atoms with Gasteiger partial charge in [0.05, 0.1) is 5.92 Å². The summed E-state index contributed by atoms with van der Waals surface area (Å²) >= 11 is 0. The Bertz CT molecular complexity index is 542. The first-order valence-electron chi connectivity index (χ1n) is 7.42. The van der Waals surface area contributed by atoms with E-state index in [-0.39, 0.29) is 23.8 Å². The molecule has 0 bridgehead atoms. The number of anilines is 2. The van der Waals surface area contributed by atoms with Crippen molar-refractivity contribution in [3.63, 3.8) is 0 Å². The predicted octanol–water partition coefficient (Wildman–Crippen LogP) is 2.41. The molecule has 1 fully saturated rings. The Kier molecular flexibility index (Phi) is 4.96. The molecule has 0 saturated heterocycles. The molecule has 2 amide bonds. The number of carbonyl (C=O) groups excluding carboxylic acids is 2. The molecule has 114 valence electrons. The fraction of sp³-hybridized carbons (Fsp3) is 0.500. The van der Waals surface area contributed by atoms with Crippen LogP contribution in [0.3, 0.4) is 0 Å². The van der Waals surface area contributed by atoms with Crippen molar-refractivity contribution in [2.45, 2.75) is 45.6 Å². The van der Waals surface area contributed by atoms with Gasteiger partial charge in [-0.3, -0.25) is 9.59 Å². The quantitative estimate of drug-likeness (QED) is 0.799. The molecule has 0 radical (unpaired) electrons. The molecule has 1 aliphatic rings. The number of hydrogen-bond donors (Lipinski definition) is 3. The number of aryl methyl sites for hydroxylation is 1. The highest BCUT2D eigenvalue weighted by atomic mass is 16.2. The van der Waals surface area contributed by atoms with Crippen molar-refractivity contribution < 1.29 is 9.59 Å². The molecule has 1 aromatic carbocycles. The molecule has 5 heteroatoms. The lowest BCUT2D eigenvalue weighted by atomic mass is 9.84. The van der Waals surface area contributed by atoms with Crippen LogP contribution >= 0.6 is 0 Å². The Balaban J connectivity index is 2.10. The summed E-state index contributed by atoms with van der Waals surface area (Å²) < 4.78 is 0. The molecule has 0 heterocycles. The summed E-state index contributed by atoms with van der Waals surface area (Å²) in [6.45, 7) is 3.38. The third-order valence-electron chi connectivity index (χ3n) is 3.97. The molecule has 0 aliphatic heterocycles. The lowest BCUT2D eigenvalue weighted by Crippen LogP contribution is -2.40. The number of hydrogen-bond acceptors (Lipinski definition) is 3. The highest BCUT2D eigenvalue weighted by molar-refractivity contribution is 5.95. The zero-order valence-electron chi connectivity index (χ0n) is 12.6. The third-order valence-corrected chi connectivity index (χ3v) is 3.97. The third kappa shape index (κ3) is 4.04. The largest absolute Gasteiger partial charge is 0.327 e. The Morgan fingerprint density at radius 3 is 2.57 bits per heavy atom. The molecule has 0 aromatic heterocycles. The van der Waals surface area contributed by atoms with Crippen molar-refractivity contribution >= 4 is 23.2 Å². The van der Waals surface area contributed by atoms with Crippen LogP contribution in [0.5, 0.6) is 0 Å². The van der Waals surface area contributed by atoms with Crippen molar-refractivity contribution in [3.05, 3.63) is 23.8 Å². The molecular formula is C16H23N3O2. The number of nitrogens with two attached hydrogens (primary N) is 1. The van der Waals surface area contributed by atoms with Crippen LogP contribution in [-0.2, 0) is 9.59 Å². The summed E-state index contributed by atoms with van der Waals surface area (Å²) in [5.41, 5.74) is 8.41. The van der Waals surface area contributed by atoms with E-state index in [2.05, 4.69) is 10.6 Å². The van der Waals surface area contributed by atoms with E-state index < -0.39 is 0 Å². The smallest absolute Gasteiger partial charge is 0.229 e. The van der Waals surface area contributed by atoms with Gasteiger partial charge in [-0.15, -0.1) is 0 Å². The van der Waals surface area contributed by atoms with Crippen LogP contribution in [0, 0.1) is 12.8 Å². The van der Waals surface area contributed by atoms with Crippen molar-refractivity contribution in [1.29, 1.82) is 0 Å². The Hall–Kier alpha value is -1.88. The first-order valence-corrected chi connectivity index (χ1v) is 7.42. The van der Waals surface area contributed by atoms with E-state index in [1.807, 2.05) is 19.1 Å². The summed E-state index contributed by atoms with van der Waals surface area (Å²) in [7, 11) is 0. The van der Waals surface area contributed by atoms with Gasteiger partial charge in [0.2, 0.25) is 11.8 Å². The zero-order valence-corrected chi connectivity index (χ0v) is 12.6. The SMILES string of the molecule is CC(=O)Nc1ccc(C)c(NC(=O)C2CCCCC2N)c1. The van der Waals surface area contributed by atoms with Gasteiger partial charge in [-0.05, 0) is 37.5 Å². The fourth-order valence-corrected chi connectivity index (χ4v) is 2.75. The van der Waals surface area contributed by atoms with Gasteiger partial charge in [0.1, 0.15) is 0 Å². The van der Waals surface area contributed by atoms with Gasteiger partial charge in [-0.25, -0.2) is 0 Å². The Morgan fingerprint density at radius 2 is 1.90 bits per heavy atom. The van der Waals surface area contributed by atoms with Crippen LogP contribution in [0.4, 0.5) is 11.4 Å². The van der Waals surface area contributed by atoms with Gasteiger partial charge >= 0.3 is 0 Å². The van der Waals surface area contributed by atoms with Crippen molar-refractivity contribution in [2.75, 3.05) is 10.6 Å². The average Bonchev–Trinajstić information content (AvgIpc) is 2.42. The van der Waals surface area contributed by atoms with Crippen molar-refractivity contribution in [1.82, 2.24) is 0 Å². The molecule has 21 heavy (non-hydrogen) atoms. The molecule has 1 saturated carbocycles. The lowest BCUT2D eigenvalue weighted by molar-refractivity contribution is -0.121. The van der Waals surface area contributed by atoms with Crippen LogP contribution < -0.4 is 16.4 Å². The van der Waals surface area contributed by atoms with Crippen LogP contribution in [0.25, 0.3) is 0 Å². The minimum atomic E-state index is -0.134. The molecule has 5 nitrogen and oxygen atoms in total. The second-order valence-electron chi connectivity index (χ2n) is 5.75. The lowest BCUT2D eigenvalue weighted by Gasteiger charge is -2.27. The number of carbonyl (C=O) groups is 2. The number of nitrogens with one attached hydrogen (secondary N) is 2. The molecule has 1 aliphatic carbocycles. The normalized spacial score (nSPS) is 21.7. The molecule has 2 unspecified atom stereocenters. The van der Waals surface area contributed by atoms with Crippen molar-refractivity contribution in [2.24, 2.45) is 11.7 Å². The summed E-state index contributed by atoms with van der Waals surface area (Å²) in [6.07, 6.45) is 3.90. The average molecular weight is 289 g/mol. The van der Waals surface area contributed by atoms with E-state index in [0.29, 0.717) is 5.69 Å². The number of benzene rings is 1. The highest BCUT2D eigenvalue weighted by Crippen LogP contribution is 2.26. The maximum atomic E-state index is 12.4. The minimum Gasteiger partial charge on any atom is -0.327 e. The standard InChI is InChI=1S/C16H23N3O2/c1-10-7-8-12(18-11(2)20)9-15(10)19-16(21)13-5-3-4-6-14(13)17/h7-9,13-14H,3-6,17H2,1-2H3,(H,18,20)(H,19,21). The first-order chi connectivity index (χ1) is 9.97. The second-order valence-corrected chi connectivity index (χ2v) is 5.75. The van der Waals surface area contributed by atoms with Crippen LogP contribution in [0.2, 0.25) is 0 Å². The molecule has 2 rings (SSSR count). The topological polar surface area (TPSA) is 84.2 Å². The van der Waals surface area contributed by atoms with Gasteiger partial charge in [-0.1, -0.05) is 18.9 Å².